The van der Waals surface area contributed by atoms with Crippen molar-refractivity contribution in [2.24, 2.45) is 0 Å². The number of hydrogen-bond acceptors (Lipinski definition) is 2. The van der Waals surface area contributed by atoms with Crippen molar-refractivity contribution < 1.29 is 0 Å². The minimum atomic E-state index is 0.290. The van der Waals surface area contributed by atoms with Crippen LogP contribution in [0.2, 0.25) is 6.32 Å². The molecule has 3 heteroatoms. The Balaban J connectivity index is 2.82. The maximum atomic E-state index is 2.69. The molecule has 0 aromatic heterocycles. The normalized spacial score (nSPS) is 20.3. The van der Waals surface area contributed by atoms with Crippen LogP contribution in [0.1, 0.15) is 61.3 Å². The number of rotatable bonds is 3. The molecule has 1 heterocycles. The summed E-state index contributed by atoms with van der Waals surface area (Å²) in [5, 5.41) is 0. The SMILES string of the molecule is CCCCB1N(C(C)(C)C)CCN1C(C)(C)C. The van der Waals surface area contributed by atoms with Crippen LogP contribution >= 0.6 is 0 Å². The molecule has 0 radical (unpaired) electrons. The number of unbranched alkanes of at least 4 members (excludes halogenated alkanes) is 1. The fourth-order valence-electron chi connectivity index (χ4n) is 2.95. The predicted octanol–water partition coefficient (Wildman–Crippen LogP) is 3.49. The van der Waals surface area contributed by atoms with Gasteiger partial charge in [-0.3, -0.25) is 0 Å². The first-order chi connectivity index (χ1) is 7.68. The van der Waals surface area contributed by atoms with Crippen LogP contribution in [0.25, 0.3) is 0 Å². The Morgan fingerprint density at radius 2 is 1.29 bits per heavy atom. The Morgan fingerprint density at radius 3 is 1.59 bits per heavy atom. The van der Waals surface area contributed by atoms with Crippen LogP contribution in [-0.4, -0.2) is 40.8 Å². The van der Waals surface area contributed by atoms with Gasteiger partial charge in [0.2, 0.25) is 0 Å². The zero-order valence-corrected chi connectivity index (χ0v) is 13.0. The average Bonchev–Trinajstić information content (AvgIpc) is 2.56. The van der Waals surface area contributed by atoms with Gasteiger partial charge < -0.3 is 9.62 Å². The van der Waals surface area contributed by atoms with E-state index in [4.69, 9.17) is 0 Å². The van der Waals surface area contributed by atoms with Gasteiger partial charge in [-0.2, -0.15) is 0 Å². The summed E-state index contributed by atoms with van der Waals surface area (Å²) in [6.07, 6.45) is 3.95. The highest BCUT2D eigenvalue weighted by Gasteiger charge is 2.44. The molecule has 0 unspecified atom stereocenters. The van der Waals surface area contributed by atoms with Gasteiger partial charge in [-0.05, 0) is 47.9 Å². The smallest absolute Gasteiger partial charge is 0.311 e. The van der Waals surface area contributed by atoms with E-state index in [-0.39, 0.29) is 0 Å². The lowest BCUT2D eigenvalue weighted by molar-refractivity contribution is 0.264. The minimum absolute atomic E-state index is 0.290. The summed E-state index contributed by atoms with van der Waals surface area (Å²) in [6.45, 7) is 19.4. The summed E-state index contributed by atoms with van der Waals surface area (Å²) in [6, 6.07) is 0. The second-order valence-electron chi connectivity index (χ2n) is 7.35. The lowest BCUT2D eigenvalue weighted by Gasteiger charge is -2.41. The summed E-state index contributed by atoms with van der Waals surface area (Å²) in [7, 11) is 0. The monoisotopic (exact) mass is 238 g/mol. The van der Waals surface area contributed by atoms with E-state index in [0.717, 1.165) is 0 Å². The van der Waals surface area contributed by atoms with E-state index in [1.807, 2.05) is 0 Å². The molecule has 1 saturated heterocycles. The molecule has 0 aromatic rings. The molecule has 1 rings (SSSR count). The zero-order valence-electron chi connectivity index (χ0n) is 13.0. The van der Waals surface area contributed by atoms with Crippen LogP contribution in [0.4, 0.5) is 0 Å². The Morgan fingerprint density at radius 1 is 0.882 bits per heavy atom. The van der Waals surface area contributed by atoms with Gasteiger partial charge in [0.05, 0.1) is 0 Å². The average molecular weight is 238 g/mol. The molecule has 0 aliphatic carbocycles. The van der Waals surface area contributed by atoms with Crippen molar-refractivity contribution in [3.8, 4) is 0 Å². The van der Waals surface area contributed by atoms with Crippen molar-refractivity contribution in [3.05, 3.63) is 0 Å². The van der Waals surface area contributed by atoms with Crippen LogP contribution in [0.3, 0.4) is 0 Å². The van der Waals surface area contributed by atoms with Crippen LogP contribution in [0.5, 0.6) is 0 Å². The summed E-state index contributed by atoms with van der Waals surface area (Å²) in [4.78, 5) is 5.38. The van der Waals surface area contributed by atoms with Gasteiger partial charge >= 0.3 is 6.98 Å². The third kappa shape index (κ3) is 3.72. The number of hydrogen-bond donors (Lipinski definition) is 0. The molecule has 0 spiro atoms. The molecule has 100 valence electrons. The van der Waals surface area contributed by atoms with E-state index < -0.39 is 0 Å². The molecule has 1 aliphatic rings. The lowest BCUT2D eigenvalue weighted by Crippen LogP contribution is -2.56. The van der Waals surface area contributed by atoms with E-state index in [0.29, 0.717) is 18.1 Å². The highest BCUT2D eigenvalue weighted by Crippen LogP contribution is 2.30. The summed E-state index contributed by atoms with van der Waals surface area (Å²) in [5.74, 6) is 0. The van der Waals surface area contributed by atoms with Crippen molar-refractivity contribution in [1.82, 2.24) is 9.62 Å². The van der Waals surface area contributed by atoms with E-state index in [2.05, 4.69) is 58.1 Å². The largest absolute Gasteiger partial charge is 0.322 e. The molecule has 0 N–H and O–H groups in total. The van der Waals surface area contributed by atoms with Gasteiger partial charge in [0.1, 0.15) is 0 Å². The van der Waals surface area contributed by atoms with E-state index in [9.17, 15) is 0 Å². The fraction of sp³-hybridized carbons (Fsp3) is 1.00. The van der Waals surface area contributed by atoms with Crippen molar-refractivity contribution in [2.45, 2.75) is 78.7 Å². The van der Waals surface area contributed by atoms with Crippen LogP contribution < -0.4 is 0 Å². The fourth-order valence-corrected chi connectivity index (χ4v) is 2.95. The molecule has 1 fully saturated rings. The third-order valence-electron chi connectivity index (χ3n) is 3.84. The molecule has 0 aromatic carbocycles. The van der Waals surface area contributed by atoms with Crippen molar-refractivity contribution in [1.29, 1.82) is 0 Å². The predicted molar refractivity (Wildman–Crippen MR) is 78.4 cm³/mol. The van der Waals surface area contributed by atoms with Gasteiger partial charge in [-0.1, -0.05) is 19.8 Å². The maximum Gasteiger partial charge on any atom is 0.311 e. The first-order valence-electron chi connectivity index (χ1n) is 7.21. The molecule has 0 bridgehead atoms. The maximum absolute atomic E-state index is 2.69. The molecule has 0 saturated carbocycles. The van der Waals surface area contributed by atoms with Gasteiger partial charge in [0.25, 0.3) is 0 Å². The van der Waals surface area contributed by atoms with Crippen LogP contribution in [0, 0.1) is 0 Å². The summed E-state index contributed by atoms with van der Waals surface area (Å²) >= 11 is 0. The Bertz CT molecular complexity index is 218. The van der Waals surface area contributed by atoms with Crippen molar-refractivity contribution >= 4 is 6.98 Å². The van der Waals surface area contributed by atoms with Gasteiger partial charge in [-0.25, -0.2) is 0 Å². The Kier molecular flexibility index (Phi) is 4.70. The second-order valence-corrected chi connectivity index (χ2v) is 7.35. The van der Waals surface area contributed by atoms with Crippen molar-refractivity contribution in [2.75, 3.05) is 13.1 Å². The van der Waals surface area contributed by atoms with Crippen LogP contribution in [-0.2, 0) is 0 Å². The topological polar surface area (TPSA) is 6.48 Å². The van der Waals surface area contributed by atoms with E-state index in [1.165, 1.54) is 32.3 Å². The highest BCUT2D eigenvalue weighted by atomic mass is 15.3. The molecule has 0 atom stereocenters. The lowest BCUT2D eigenvalue weighted by atomic mass is 9.64. The van der Waals surface area contributed by atoms with Crippen molar-refractivity contribution in [3.63, 3.8) is 0 Å². The minimum Gasteiger partial charge on any atom is -0.322 e. The van der Waals surface area contributed by atoms with Gasteiger partial charge in [0, 0.05) is 24.2 Å². The first-order valence-corrected chi connectivity index (χ1v) is 7.21. The summed E-state index contributed by atoms with van der Waals surface area (Å²) in [5.41, 5.74) is 0.580. The van der Waals surface area contributed by atoms with Gasteiger partial charge in [0.15, 0.2) is 0 Å². The Hall–Kier alpha value is -0.0151. The molecular formula is C14H31BN2. The summed E-state index contributed by atoms with van der Waals surface area (Å²) < 4.78 is 0. The molecular weight excluding hydrogens is 207 g/mol. The molecule has 1 aliphatic heterocycles. The second kappa shape index (κ2) is 5.32. The van der Waals surface area contributed by atoms with E-state index >= 15 is 0 Å². The first kappa shape index (κ1) is 15.0. The van der Waals surface area contributed by atoms with Crippen LogP contribution in [0.15, 0.2) is 0 Å². The zero-order chi connectivity index (χ0) is 13.3. The molecule has 17 heavy (non-hydrogen) atoms. The molecule has 0 amide bonds. The molecule has 2 nitrogen and oxygen atoms in total. The highest BCUT2D eigenvalue weighted by molar-refractivity contribution is 6.53. The van der Waals surface area contributed by atoms with Gasteiger partial charge in [-0.15, -0.1) is 0 Å². The quantitative estimate of drug-likeness (QED) is 0.694. The third-order valence-corrected chi connectivity index (χ3v) is 3.84. The Labute approximate surface area is 109 Å². The van der Waals surface area contributed by atoms with E-state index in [1.54, 1.807) is 0 Å². The standard InChI is InChI=1S/C14H31BN2/c1-8-9-10-15-16(13(2,3)4)11-12-17(15)14(5,6)7/h8-12H2,1-7H3. The number of nitrogens with zero attached hydrogens (tertiary/aromatic N) is 2.